The molecule has 26 nitrogen and oxygen atoms in total. The minimum absolute atomic E-state index is 0.0326. The van der Waals surface area contributed by atoms with Gasteiger partial charge in [-0.2, -0.15) is 30.0 Å². The lowest BCUT2D eigenvalue weighted by atomic mass is 9.75. The number of carbonyl (C=O) groups is 1. The predicted octanol–water partition coefficient (Wildman–Crippen LogP) is 7.43. The number of aromatic amines is 1. The van der Waals surface area contributed by atoms with Gasteiger partial charge in [0.05, 0.1) is 40.9 Å². The van der Waals surface area contributed by atoms with Gasteiger partial charge >= 0.3 is 29.2 Å². The number of hydrogen-bond donors (Lipinski definition) is 8. The van der Waals surface area contributed by atoms with Gasteiger partial charge in [0.2, 0.25) is 11.6 Å². The first-order chi connectivity index (χ1) is 40.7. The maximum atomic E-state index is 13.4. The van der Waals surface area contributed by atoms with Crippen LogP contribution in [0.4, 0.5) is 11.4 Å². The number of anilines is 1. The quantitative estimate of drug-likeness (QED) is 0.0118. The van der Waals surface area contributed by atoms with Crippen molar-refractivity contribution in [2.45, 2.75) is 101 Å². The number of aromatic nitrogens is 2. The van der Waals surface area contributed by atoms with Crippen molar-refractivity contribution in [3.05, 3.63) is 158 Å². The number of phosphoric acid groups is 3. The van der Waals surface area contributed by atoms with Crippen LogP contribution in [0.2, 0.25) is 0 Å². The van der Waals surface area contributed by atoms with Crippen molar-refractivity contribution in [1.29, 1.82) is 0 Å². The van der Waals surface area contributed by atoms with Crippen molar-refractivity contribution < 1.29 is 91.2 Å². The van der Waals surface area contributed by atoms with Crippen LogP contribution in [0.3, 0.4) is 0 Å². The number of benzene rings is 3. The maximum absolute atomic E-state index is 13.4. The number of carbonyl (C=O) groups excluding carboxylic acids is 1. The van der Waals surface area contributed by atoms with E-state index in [2.05, 4.69) is 86.1 Å². The van der Waals surface area contributed by atoms with E-state index in [0.29, 0.717) is 28.5 Å². The highest BCUT2D eigenvalue weighted by atomic mass is 32.2. The Labute approximate surface area is 501 Å². The molecule has 0 saturated carbocycles. The molecule has 1 amide bonds. The number of nitrogens with zero attached hydrogens (tertiary/aromatic N) is 3. The summed E-state index contributed by atoms with van der Waals surface area (Å²) < 4.78 is 131. The zero-order valence-corrected chi connectivity index (χ0v) is 51.9. The topological polar surface area (TPSA) is 377 Å². The number of ether oxygens (including phenoxy) is 2. The Balaban J connectivity index is 0.992. The normalized spacial score (nSPS) is 21.1. The van der Waals surface area contributed by atoms with E-state index in [-0.39, 0.29) is 62.7 Å². The monoisotopic (exact) mass is 1300 g/mol. The first-order valence-electron chi connectivity index (χ1n) is 27.1. The molecular formula is C56H65N5O21P3S2+. The van der Waals surface area contributed by atoms with Crippen molar-refractivity contribution in [2.24, 2.45) is 0 Å². The Morgan fingerprint density at radius 2 is 1.67 bits per heavy atom. The Morgan fingerprint density at radius 1 is 0.931 bits per heavy atom. The van der Waals surface area contributed by atoms with Crippen LogP contribution >= 0.6 is 23.5 Å². The van der Waals surface area contributed by atoms with Gasteiger partial charge in [-0.1, -0.05) is 72.6 Å². The number of H-pyrrole nitrogens is 1. The summed E-state index contributed by atoms with van der Waals surface area (Å²) in [5, 5.41) is 2.66. The Bertz CT molecular complexity index is 4160. The molecule has 4 aliphatic rings. The number of phosphoric ester groups is 1. The fourth-order valence-electron chi connectivity index (χ4n) is 11.0. The zero-order chi connectivity index (χ0) is 63.5. The number of likely N-dealkylation sites (N-methyl/N-ethyl adjacent to an activating group) is 1. The number of nitrogens with one attached hydrogen (secondary N) is 2. The van der Waals surface area contributed by atoms with Gasteiger partial charge in [0.15, 0.2) is 5.71 Å². The minimum Gasteiger partial charge on any atom is -0.456 e. The second-order valence-electron chi connectivity index (χ2n) is 21.4. The number of fused-ring (bicyclic) bond motifs is 3. The molecule has 0 radical (unpaired) electrons. The van der Waals surface area contributed by atoms with Crippen LogP contribution in [0.1, 0.15) is 107 Å². The van der Waals surface area contributed by atoms with E-state index in [1.807, 2.05) is 66.1 Å². The number of rotatable bonds is 23. The van der Waals surface area contributed by atoms with Gasteiger partial charge in [-0.25, -0.2) is 18.5 Å². The van der Waals surface area contributed by atoms with E-state index in [4.69, 9.17) is 19.3 Å². The third-order valence-electron chi connectivity index (χ3n) is 14.7. The van der Waals surface area contributed by atoms with Crippen LogP contribution in [0.5, 0.6) is 5.75 Å². The first kappa shape index (κ1) is 66.5. The van der Waals surface area contributed by atoms with E-state index in [9.17, 15) is 63.8 Å². The molecule has 1 aromatic heterocycles. The Morgan fingerprint density at radius 3 is 2.36 bits per heavy atom. The third kappa shape index (κ3) is 16.6. The van der Waals surface area contributed by atoms with E-state index in [1.54, 1.807) is 12.2 Å². The molecule has 0 bridgehead atoms. The summed E-state index contributed by atoms with van der Waals surface area (Å²) >= 11 is 0. The minimum atomic E-state index is -5.77. The summed E-state index contributed by atoms with van der Waals surface area (Å²) in [6.07, 6.45) is 12.9. The smallest absolute Gasteiger partial charge is 0.456 e. The van der Waals surface area contributed by atoms with Crippen LogP contribution in [0.25, 0.3) is 16.9 Å². The fourth-order valence-corrected chi connectivity index (χ4v) is 15.0. The van der Waals surface area contributed by atoms with E-state index in [1.165, 1.54) is 18.2 Å². The highest BCUT2D eigenvalue weighted by molar-refractivity contribution is 7.86. The van der Waals surface area contributed by atoms with Crippen LogP contribution < -0.4 is 26.2 Å². The molecular weight excluding hydrogens is 1240 g/mol. The summed E-state index contributed by atoms with van der Waals surface area (Å²) in [5.41, 5.74) is 4.17. The first-order valence-corrected chi connectivity index (χ1v) is 34.7. The Kier molecular flexibility index (Phi) is 20.1. The molecule has 8 N–H and O–H groups in total. The van der Waals surface area contributed by atoms with Gasteiger partial charge in [-0.3, -0.25) is 32.8 Å². The van der Waals surface area contributed by atoms with Crippen LogP contribution in [-0.4, -0.2) is 115 Å². The zero-order valence-electron chi connectivity index (χ0n) is 47.6. The maximum Gasteiger partial charge on any atom is 0.490 e. The van der Waals surface area contributed by atoms with Gasteiger partial charge in [-0.15, -0.1) is 0 Å². The van der Waals surface area contributed by atoms with E-state index >= 15 is 0 Å². The average molecular weight is 1300 g/mol. The van der Waals surface area contributed by atoms with Gasteiger partial charge < -0.3 is 39.3 Å². The third-order valence-corrected chi connectivity index (χ3v) is 20.2. The summed E-state index contributed by atoms with van der Waals surface area (Å²) in [6, 6.07) is 18.0. The molecule has 31 heteroatoms. The van der Waals surface area contributed by atoms with E-state index < -0.39 is 95.9 Å². The summed E-state index contributed by atoms with van der Waals surface area (Å²) in [4.78, 5) is 79.7. The second-order valence-corrected chi connectivity index (χ2v) is 28.8. The molecule has 87 heavy (non-hydrogen) atoms. The van der Waals surface area contributed by atoms with Gasteiger partial charge in [0, 0.05) is 71.7 Å². The van der Waals surface area contributed by atoms with Crippen LogP contribution in [-0.2, 0) is 62.0 Å². The van der Waals surface area contributed by atoms with Gasteiger partial charge in [0.1, 0.15) is 29.8 Å². The highest BCUT2D eigenvalue weighted by Gasteiger charge is 2.48. The lowest BCUT2D eigenvalue weighted by Crippen LogP contribution is -2.44. The average Bonchev–Trinajstić information content (AvgIpc) is 1.75. The predicted molar refractivity (Wildman–Crippen MR) is 321 cm³/mol. The lowest BCUT2D eigenvalue weighted by molar-refractivity contribution is -0.437. The highest BCUT2D eigenvalue weighted by Crippen LogP contribution is 2.66. The molecule has 4 aliphatic heterocycles. The SMILES string of the molecule is CCN1c2cc3c(cc2C(C)=CC1(C)C)C(=CC=CC=CC1=[N+](CCCS(=O)(=O)O)c2ccc(S(=O)(=O)O)cc2C1(C)CCCC(=O)NCC#Cc1cn([C@H]2CC[C@@H](COP(=O)(O)OP(=O)(O)OP(=O)(O)O)O2)c(=O)[nH]c1=O)C=C(c1ccccc1)O3. The van der Waals surface area contributed by atoms with E-state index in [0.717, 1.165) is 50.8 Å². The molecule has 5 heterocycles. The number of hydrogen-bond acceptors (Lipinski definition) is 16. The van der Waals surface area contributed by atoms with Crippen LogP contribution in [0, 0.1) is 11.8 Å². The molecule has 1 fully saturated rings. The molecule has 466 valence electrons. The summed E-state index contributed by atoms with van der Waals surface area (Å²) in [6.45, 7) is 10.2. The van der Waals surface area contributed by atoms with Crippen molar-refractivity contribution >= 4 is 83.6 Å². The number of amides is 1. The molecule has 3 unspecified atom stereocenters. The standard InChI is InChI=1S/C56H64N5O21P3S2/c1-6-61-47-33-49-44(32-43(47)37(2)34-55(61,3)4)39(30-48(80-49)38-16-9-7-10-17-38)18-11-8-12-20-50-56(5,45-31-42(87(75,76)77)23-24-46(45)59(50)28-15-29-86(72,73)74)26-13-21-51(62)57-27-14-19-40-35-60(54(64)58-53(40)63)52-25-22-41(79-52)36-78-84(68,69)82-85(70,71)81-83(65,66)67/h7-12,16-18,20,23-24,30-35,41,52H,6,13,15,21-22,25-29,36H2,1-5H3,(H7-,57,58,62,63,64,65,66,67,68,69,70,71,72,73,74,75,76,77)/p+1/t41-,52+,56?/m0/s1. The second kappa shape index (κ2) is 26.3. The fraction of sp³-hybridized carbons (Fsp3) is 0.357. The van der Waals surface area contributed by atoms with Crippen molar-refractivity contribution in [3.8, 4) is 17.6 Å². The molecule has 5 atom stereocenters. The van der Waals surface area contributed by atoms with Crippen LogP contribution in [0.15, 0.2) is 124 Å². The molecule has 8 rings (SSSR count). The van der Waals surface area contributed by atoms with Gasteiger partial charge in [0.25, 0.3) is 25.8 Å². The molecule has 3 aromatic carbocycles. The van der Waals surface area contributed by atoms with Crippen molar-refractivity contribution in [1.82, 2.24) is 14.9 Å². The van der Waals surface area contributed by atoms with Crippen molar-refractivity contribution in [3.63, 3.8) is 0 Å². The Hall–Kier alpha value is -6.47. The van der Waals surface area contributed by atoms with Crippen molar-refractivity contribution in [2.75, 3.05) is 36.9 Å². The molecule has 0 aliphatic carbocycles. The number of allylic oxidation sites excluding steroid dienone is 8. The molecule has 0 spiro atoms. The molecule has 4 aromatic rings. The largest absolute Gasteiger partial charge is 0.490 e. The lowest BCUT2D eigenvalue weighted by Gasteiger charge is -2.43. The summed E-state index contributed by atoms with van der Waals surface area (Å²) in [5.74, 6) is 5.55. The van der Waals surface area contributed by atoms with Gasteiger partial charge in [-0.05, 0) is 95.7 Å². The summed E-state index contributed by atoms with van der Waals surface area (Å²) in [7, 11) is -25.9. The molecule has 1 saturated heterocycles.